The van der Waals surface area contributed by atoms with Gasteiger partial charge in [-0.05, 0) is 46.4 Å². The van der Waals surface area contributed by atoms with Crippen molar-refractivity contribution in [2.24, 2.45) is 0 Å². The summed E-state index contributed by atoms with van der Waals surface area (Å²) >= 11 is 0. The minimum atomic E-state index is -0.724. The molecule has 0 N–H and O–H groups in total. The van der Waals surface area contributed by atoms with Gasteiger partial charge in [0.25, 0.3) is 0 Å². The average Bonchev–Trinajstić information content (AvgIpc) is 3.13. The Labute approximate surface area is 269 Å². The van der Waals surface area contributed by atoms with Crippen molar-refractivity contribution in [2.75, 3.05) is 13.7 Å². The Morgan fingerprint density at radius 1 is 0.870 bits per heavy atom. The lowest BCUT2D eigenvalue weighted by molar-refractivity contribution is -0.144. The van der Waals surface area contributed by atoms with E-state index in [9.17, 15) is 9.59 Å². The Kier molecular flexibility index (Phi) is 9.54. The Bertz CT molecular complexity index is 1790. The molecule has 2 aromatic heterocycles. The zero-order chi connectivity index (χ0) is 31.7. The maximum atomic E-state index is 14.5. The third-order valence-electron chi connectivity index (χ3n) is 8.21. The van der Waals surface area contributed by atoms with Crippen LogP contribution in [0.3, 0.4) is 0 Å². The zero-order valence-electron chi connectivity index (χ0n) is 25.7. The van der Waals surface area contributed by atoms with Gasteiger partial charge < -0.3 is 14.5 Å². The molecule has 0 radical (unpaired) electrons. The molecular formula is C38H35N5O3. The lowest BCUT2D eigenvalue weighted by Gasteiger charge is -2.37. The Hall–Kier alpha value is -5.63. The third kappa shape index (κ3) is 7.35. The smallest absolute Gasteiger partial charge is 0.247 e. The maximum absolute atomic E-state index is 14.5. The van der Waals surface area contributed by atoms with Crippen LogP contribution in [0.5, 0.6) is 5.88 Å². The van der Waals surface area contributed by atoms with Gasteiger partial charge in [-0.1, -0.05) is 78.9 Å². The SMILES string of the molecule is COc1ccc(C=CC(=O)N(Cc2ccc(-c3cnccn3)cc2)C(Cc2ccccc2)C(=O)N2CCc3ccccc3C2)cn1. The van der Waals surface area contributed by atoms with E-state index in [-0.39, 0.29) is 18.4 Å². The number of fused-ring (bicyclic) bond motifs is 1. The fourth-order valence-corrected chi connectivity index (χ4v) is 5.70. The van der Waals surface area contributed by atoms with Crippen molar-refractivity contribution in [3.63, 3.8) is 0 Å². The highest BCUT2D eigenvalue weighted by Crippen LogP contribution is 2.24. The van der Waals surface area contributed by atoms with Crippen molar-refractivity contribution in [1.29, 1.82) is 0 Å². The van der Waals surface area contributed by atoms with Gasteiger partial charge in [0.2, 0.25) is 17.7 Å². The summed E-state index contributed by atoms with van der Waals surface area (Å²) in [6.45, 7) is 1.37. The van der Waals surface area contributed by atoms with E-state index in [0.717, 1.165) is 39.9 Å². The van der Waals surface area contributed by atoms with E-state index in [1.165, 1.54) is 11.6 Å². The van der Waals surface area contributed by atoms with E-state index in [2.05, 4.69) is 27.1 Å². The lowest BCUT2D eigenvalue weighted by atomic mass is 9.97. The molecule has 0 saturated carbocycles. The van der Waals surface area contributed by atoms with Crippen LogP contribution >= 0.6 is 0 Å². The van der Waals surface area contributed by atoms with E-state index in [4.69, 9.17) is 4.74 Å². The fraction of sp³-hybridized carbons (Fsp3) is 0.184. The summed E-state index contributed by atoms with van der Waals surface area (Å²) in [7, 11) is 1.56. The molecule has 230 valence electrons. The summed E-state index contributed by atoms with van der Waals surface area (Å²) < 4.78 is 5.17. The Balaban J connectivity index is 1.34. The highest BCUT2D eigenvalue weighted by Gasteiger charge is 2.34. The lowest BCUT2D eigenvalue weighted by Crippen LogP contribution is -2.52. The summed E-state index contributed by atoms with van der Waals surface area (Å²) in [5.74, 6) is 0.162. The van der Waals surface area contributed by atoms with Crippen LogP contribution in [-0.2, 0) is 35.5 Å². The van der Waals surface area contributed by atoms with Gasteiger partial charge in [-0.15, -0.1) is 0 Å². The largest absolute Gasteiger partial charge is 0.481 e. The molecule has 8 heteroatoms. The van der Waals surface area contributed by atoms with E-state index in [1.54, 1.807) is 48.9 Å². The van der Waals surface area contributed by atoms with E-state index in [0.29, 0.717) is 25.4 Å². The van der Waals surface area contributed by atoms with Crippen molar-refractivity contribution < 1.29 is 14.3 Å². The summed E-state index contributed by atoms with van der Waals surface area (Å²) in [6.07, 6.45) is 11.1. The molecule has 0 bridgehead atoms. The van der Waals surface area contributed by atoms with Gasteiger partial charge in [0.1, 0.15) is 6.04 Å². The van der Waals surface area contributed by atoms with Crippen molar-refractivity contribution in [3.8, 4) is 17.1 Å². The molecule has 0 spiro atoms. The van der Waals surface area contributed by atoms with E-state index >= 15 is 0 Å². The number of carbonyl (C=O) groups excluding carboxylic acids is 2. The van der Waals surface area contributed by atoms with Gasteiger partial charge in [0, 0.05) is 62.4 Å². The topological polar surface area (TPSA) is 88.5 Å². The van der Waals surface area contributed by atoms with Gasteiger partial charge in [-0.2, -0.15) is 0 Å². The molecule has 1 unspecified atom stereocenters. The van der Waals surface area contributed by atoms with Gasteiger partial charge in [0.15, 0.2) is 0 Å². The first-order valence-electron chi connectivity index (χ1n) is 15.3. The molecule has 0 saturated heterocycles. The molecule has 1 atom stereocenters. The molecule has 1 aliphatic heterocycles. The number of methoxy groups -OCH3 is 1. The number of amides is 2. The number of hydrogen-bond donors (Lipinski definition) is 0. The molecule has 8 nitrogen and oxygen atoms in total. The molecule has 0 aliphatic carbocycles. The highest BCUT2D eigenvalue weighted by atomic mass is 16.5. The fourth-order valence-electron chi connectivity index (χ4n) is 5.70. The standard InChI is InChI=1S/C38H35N5O3/c1-46-36-17-13-29(24-41-36)14-18-37(44)43(26-30-11-15-32(16-12-30)34-25-39-20-21-40-34)35(23-28-7-3-2-4-8-28)38(45)42-22-19-31-9-5-6-10-33(31)27-42/h2-18,20-21,24-25,35H,19,22-23,26-27H2,1H3. The van der Waals surface area contributed by atoms with Gasteiger partial charge >= 0.3 is 0 Å². The van der Waals surface area contributed by atoms with E-state index < -0.39 is 6.04 Å². The van der Waals surface area contributed by atoms with Crippen LogP contribution in [0, 0.1) is 0 Å². The molecule has 3 heterocycles. The second kappa shape index (κ2) is 14.4. The second-order valence-electron chi connectivity index (χ2n) is 11.2. The number of benzene rings is 3. The number of ether oxygens (including phenoxy) is 1. The Morgan fingerprint density at radius 3 is 2.37 bits per heavy atom. The minimum absolute atomic E-state index is 0.0672. The normalized spacial score (nSPS) is 13.2. The van der Waals surface area contributed by atoms with Gasteiger partial charge in [-0.25, -0.2) is 4.98 Å². The van der Waals surface area contributed by atoms with Crippen molar-refractivity contribution in [3.05, 3.63) is 150 Å². The van der Waals surface area contributed by atoms with Crippen molar-refractivity contribution in [2.45, 2.75) is 32.0 Å². The van der Waals surface area contributed by atoms with Crippen LogP contribution in [0.25, 0.3) is 17.3 Å². The summed E-state index contributed by atoms with van der Waals surface area (Å²) in [5.41, 5.74) is 6.73. The third-order valence-corrected chi connectivity index (χ3v) is 8.21. The maximum Gasteiger partial charge on any atom is 0.247 e. The number of rotatable bonds is 10. The number of hydrogen-bond acceptors (Lipinski definition) is 6. The predicted octanol–water partition coefficient (Wildman–Crippen LogP) is 5.79. The Morgan fingerprint density at radius 2 is 1.65 bits per heavy atom. The van der Waals surface area contributed by atoms with Crippen LogP contribution in [-0.4, -0.2) is 56.3 Å². The number of nitrogens with zero attached hydrogens (tertiary/aromatic N) is 5. The molecule has 2 amide bonds. The quantitative estimate of drug-likeness (QED) is 0.187. The number of carbonyl (C=O) groups is 2. The monoisotopic (exact) mass is 609 g/mol. The van der Waals surface area contributed by atoms with Crippen LogP contribution in [0.1, 0.15) is 27.8 Å². The number of aromatic nitrogens is 3. The molecular weight excluding hydrogens is 574 g/mol. The predicted molar refractivity (Wildman–Crippen MR) is 177 cm³/mol. The first kappa shape index (κ1) is 30.4. The molecule has 3 aromatic carbocycles. The summed E-state index contributed by atoms with van der Waals surface area (Å²) in [5, 5.41) is 0. The zero-order valence-corrected chi connectivity index (χ0v) is 25.7. The van der Waals surface area contributed by atoms with Gasteiger partial charge in [0.05, 0.1) is 19.0 Å². The van der Waals surface area contributed by atoms with Crippen molar-refractivity contribution >= 4 is 17.9 Å². The molecule has 1 aliphatic rings. The first-order chi connectivity index (χ1) is 22.6. The number of pyridine rings is 1. The minimum Gasteiger partial charge on any atom is -0.481 e. The van der Waals surface area contributed by atoms with Crippen LogP contribution in [0.4, 0.5) is 0 Å². The molecule has 0 fully saturated rings. The highest BCUT2D eigenvalue weighted by molar-refractivity contribution is 5.95. The van der Waals surface area contributed by atoms with Crippen LogP contribution < -0.4 is 4.74 Å². The summed E-state index contributed by atoms with van der Waals surface area (Å²) in [6, 6.07) is 28.9. The summed E-state index contributed by atoms with van der Waals surface area (Å²) in [4.78, 5) is 45.1. The molecule has 5 aromatic rings. The van der Waals surface area contributed by atoms with Crippen molar-refractivity contribution in [1.82, 2.24) is 24.8 Å². The molecule has 46 heavy (non-hydrogen) atoms. The first-order valence-corrected chi connectivity index (χ1v) is 15.3. The van der Waals surface area contributed by atoms with Crippen LogP contribution in [0.15, 0.2) is 122 Å². The van der Waals surface area contributed by atoms with Gasteiger partial charge in [-0.3, -0.25) is 19.6 Å². The average molecular weight is 610 g/mol. The van der Waals surface area contributed by atoms with E-state index in [1.807, 2.05) is 77.7 Å². The van der Waals surface area contributed by atoms with Crippen LogP contribution in [0.2, 0.25) is 0 Å². The second-order valence-corrected chi connectivity index (χ2v) is 11.2. The molecule has 6 rings (SSSR count).